The number of thiophene rings is 1. The molecule has 5 aromatic heterocycles. The van der Waals surface area contributed by atoms with Gasteiger partial charge in [0.1, 0.15) is 11.3 Å². The second-order valence-electron chi connectivity index (χ2n) is 14.0. The Hall–Kier alpha value is -7.21. The zero-order valence-electron chi connectivity index (χ0n) is 30.1. The molecule has 0 saturated carbocycles. The van der Waals surface area contributed by atoms with Crippen molar-refractivity contribution < 1.29 is 4.42 Å². The van der Waals surface area contributed by atoms with E-state index in [9.17, 15) is 0 Å². The Morgan fingerprint density at radius 2 is 0.946 bits per heavy atom. The van der Waals surface area contributed by atoms with Crippen molar-refractivity contribution in [2.24, 2.45) is 0 Å². The van der Waals surface area contributed by atoms with Crippen LogP contribution in [0.2, 0.25) is 0 Å². The van der Waals surface area contributed by atoms with Crippen molar-refractivity contribution in [3.8, 4) is 67.0 Å². The van der Waals surface area contributed by atoms with Gasteiger partial charge in [-0.25, -0.2) is 4.98 Å². The standard InChI is InChI=1S/C51H31N3OS/c1-3-9-34(10-4-1)46-31-45-42-18-17-36(30-47(42)55-49(45)48(54-46)35-11-5-2-6-12-35)40-13-7-15-43-44-16-8-14-41(51(44)56-50(40)43)39-28-37(32-19-23-52-24-20-32)27-38(29-39)33-21-25-53-26-22-33/h1-31H. The van der Waals surface area contributed by atoms with Gasteiger partial charge in [-0.05, 0) is 105 Å². The van der Waals surface area contributed by atoms with Crippen molar-refractivity contribution >= 4 is 53.4 Å². The minimum Gasteiger partial charge on any atom is -0.454 e. The van der Waals surface area contributed by atoms with Crippen LogP contribution in [0.25, 0.3) is 109 Å². The first-order valence-electron chi connectivity index (χ1n) is 18.6. The lowest BCUT2D eigenvalue weighted by Crippen LogP contribution is -1.89. The van der Waals surface area contributed by atoms with Gasteiger partial charge in [0.25, 0.3) is 0 Å². The number of fused-ring (bicyclic) bond motifs is 6. The summed E-state index contributed by atoms with van der Waals surface area (Å²) >= 11 is 1.86. The molecule has 0 spiro atoms. The smallest absolute Gasteiger partial charge is 0.161 e. The molecule has 0 aliphatic carbocycles. The summed E-state index contributed by atoms with van der Waals surface area (Å²) in [5.74, 6) is 0. The van der Waals surface area contributed by atoms with Gasteiger partial charge in [0.15, 0.2) is 5.58 Å². The monoisotopic (exact) mass is 733 g/mol. The molecule has 6 aromatic carbocycles. The van der Waals surface area contributed by atoms with E-state index in [2.05, 4.69) is 149 Å². The zero-order chi connectivity index (χ0) is 37.0. The highest BCUT2D eigenvalue weighted by Crippen LogP contribution is 2.46. The van der Waals surface area contributed by atoms with Gasteiger partial charge in [-0.1, -0.05) is 103 Å². The molecule has 11 rings (SSSR count). The van der Waals surface area contributed by atoms with Crippen LogP contribution in [0.15, 0.2) is 193 Å². The van der Waals surface area contributed by atoms with Crippen molar-refractivity contribution in [1.82, 2.24) is 15.0 Å². The first-order chi connectivity index (χ1) is 27.7. The third-order valence-corrected chi connectivity index (χ3v) is 12.0. The average Bonchev–Trinajstić information content (AvgIpc) is 3.85. The molecule has 4 nitrogen and oxygen atoms in total. The fraction of sp³-hybridized carbons (Fsp3) is 0. The first kappa shape index (κ1) is 32.2. The van der Waals surface area contributed by atoms with Gasteiger partial charge in [0.05, 0.1) is 5.69 Å². The van der Waals surface area contributed by atoms with Gasteiger partial charge in [-0.2, -0.15) is 0 Å². The summed E-state index contributed by atoms with van der Waals surface area (Å²) in [6.45, 7) is 0. The molecular formula is C51H31N3OS. The molecule has 262 valence electrons. The molecule has 5 heteroatoms. The quantitative estimate of drug-likeness (QED) is 0.171. The highest BCUT2D eigenvalue weighted by atomic mass is 32.1. The van der Waals surface area contributed by atoms with Crippen LogP contribution in [0.1, 0.15) is 0 Å². The lowest BCUT2D eigenvalue weighted by atomic mass is 9.93. The largest absolute Gasteiger partial charge is 0.454 e. The summed E-state index contributed by atoms with van der Waals surface area (Å²) in [4.78, 5) is 13.7. The Bertz CT molecular complexity index is 3170. The van der Waals surface area contributed by atoms with E-state index in [4.69, 9.17) is 9.40 Å². The van der Waals surface area contributed by atoms with Crippen molar-refractivity contribution in [2.45, 2.75) is 0 Å². The van der Waals surface area contributed by atoms with E-state index in [1.165, 1.54) is 36.9 Å². The van der Waals surface area contributed by atoms with E-state index in [0.717, 1.165) is 72.3 Å². The molecule has 0 saturated heterocycles. The first-order valence-corrected chi connectivity index (χ1v) is 19.5. The molecule has 0 N–H and O–H groups in total. The van der Waals surface area contributed by atoms with Crippen molar-refractivity contribution in [3.63, 3.8) is 0 Å². The highest BCUT2D eigenvalue weighted by Gasteiger charge is 2.19. The summed E-state index contributed by atoms with van der Waals surface area (Å²) in [6, 6.07) is 58.0. The molecule has 0 bridgehead atoms. The van der Waals surface area contributed by atoms with Crippen LogP contribution in [0.3, 0.4) is 0 Å². The Morgan fingerprint density at radius 1 is 0.375 bits per heavy atom. The third kappa shape index (κ3) is 5.48. The zero-order valence-corrected chi connectivity index (χ0v) is 30.9. The van der Waals surface area contributed by atoms with Gasteiger partial charge in [-0.3, -0.25) is 9.97 Å². The molecule has 0 amide bonds. The Balaban J connectivity index is 1.08. The van der Waals surface area contributed by atoms with E-state index in [1.54, 1.807) is 0 Å². The number of hydrogen-bond donors (Lipinski definition) is 0. The van der Waals surface area contributed by atoms with E-state index >= 15 is 0 Å². The van der Waals surface area contributed by atoms with Crippen LogP contribution in [0.4, 0.5) is 0 Å². The molecule has 5 heterocycles. The molecule has 0 aliphatic rings. The lowest BCUT2D eigenvalue weighted by molar-refractivity contribution is 0.668. The molecule has 56 heavy (non-hydrogen) atoms. The number of aromatic nitrogens is 3. The molecule has 0 fully saturated rings. The molecule has 0 radical (unpaired) electrons. The van der Waals surface area contributed by atoms with Crippen LogP contribution in [-0.4, -0.2) is 15.0 Å². The number of furan rings is 1. The minimum atomic E-state index is 0.799. The number of rotatable bonds is 6. The Labute approximate surface area is 327 Å². The number of pyridine rings is 3. The minimum absolute atomic E-state index is 0.799. The maximum absolute atomic E-state index is 6.77. The molecule has 0 unspecified atom stereocenters. The summed E-state index contributed by atoms with van der Waals surface area (Å²) in [5.41, 5.74) is 14.8. The summed E-state index contributed by atoms with van der Waals surface area (Å²) in [6.07, 6.45) is 7.41. The normalized spacial score (nSPS) is 11.6. The van der Waals surface area contributed by atoms with Crippen molar-refractivity contribution in [1.29, 1.82) is 0 Å². The topological polar surface area (TPSA) is 51.8 Å². The van der Waals surface area contributed by atoms with Gasteiger partial charge in [0.2, 0.25) is 0 Å². The van der Waals surface area contributed by atoms with Crippen molar-refractivity contribution in [3.05, 3.63) is 189 Å². The van der Waals surface area contributed by atoms with Crippen LogP contribution in [-0.2, 0) is 0 Å². The fourth-order valence-corrected chi connectivity index (χ4v) is 9.34. The van der Waals surface area contributed by atoms with Gasteiger partial charge in [0, 0.05) is 66.9 Å². The van der Waals surface area contributed by atoms with E-state index in [0.29, 0.717) is 0 Å². The molecular weight excluding hydrogens is 703 g/mol. The van der Waals surface area contributed by atoms with Crippen LogP contribution in [0.5, 0.6) is 0 Å². The number of hydrogen-bond acceptors (Lipinski definition) is 5. The second-order valence-corrected chi connectivity index (χ2v) is 15.0. The van der Waals surface area contributed by atoms with Crippen molar-refractivity contribution in [2.75, 3.05) is 0 Å². The average molecular weight is 734 g/mol. The number of nitrogens with zero attached hydrogens (tertiary/aromatic N) is 3. The Kier molecular flexibility index (Phi) is 7.64. The highest BCUT2D eigenvalue weighted by molar-refractivity contribution is 7.26. The van der Waals surface area contributed by atoms with E-state index in [1.807, 2.05) is 60.4 Å². The van der Waals surface area contributed by atoms with Crippen LogP contribution in [0, 0.1) is 0 Å². The predicted octanol–water partition coefficient (Wildman–Crippen LogP) is 14.1. The van der Waals surface area contributed by atoms with E-state index in [-0.39, 0.29) is 0 Å². The van der Waals surface area contributed by atoms with Crippen LogP contribution < -0.4 is 0 Å². The third-order valence-electron chi connectivity index (χ3n) is 10.7. The maximum atomic E-state index is 6.77. The summed E-state index contributed by atoms with van der Waals surface area (Å²) in [7, 11) is 0. The molecule has 0 atom stereocenters. The SMILES string of the molecule is c1ccc(-c2cc3c(oc4cc(-c5cccc6c5sc5c(-c7cc(-c8ccncc8)cc(-c8ccncc8)c7)cccc56)ccc43)c(-c3ccccc3)n2)cc1. The second kappa shape index (κ2) is 13.3. The van der Waals surface area contributed by atoms with Gasteiger partial charge in [-0.15, -0.1) is 11.3 Å². The summed E-state index contributed by atoms with van der Waals surface area (Å²) in [5, 5.41) is 4.63. The lowest BCUT2D eigenvalue weighted by Gasteiger charge is -2.12. The molecule has 0 aliphatic heterocycles. The predicted molar refractivity (Wildman–Crippen MR) is 233 cm³/mol. The van der Waals surface area contributed by atoms with Gasteiger partial charge >= 0.3 is 0 Å². The maximum Gasteiger partial charge on any atom is 0.161 e. The summed E-state index contributed by atoms with van der Waals surface area (Å²) < 4.78 is 9.28. The van der Waals surface area contributed by atoms with Gasteiger partial charge < -0.3 is 4.42 Å². The fourth-order valence-electron chi connectivity index (χ4n) is 7.97. The Morgan fingerprint density at radius 3 is 1.57 bits per heavy atom. The van der Waals surface area contributed by atoms with E-state index < -0.39 is 0 Å². The number of benzene rings is 6. The van der Waals surface area contributed by atoms with Crippen LogP contribution >= 0.6 is 11.3 Å². The molecule has 11 aromatic rings.